The van der Waals surface area contributed by atoms with E-state index in [0.717, 1.165) is 56.9 Å². The summed E-state index contributed by atoms with van der Waals surface area (Å²) < 4.78 is 76.7. The van der Waals surface area contributed by atoms with E-state index in [4.69, 9.17) is 9.84 Å². The highest BCUT2D eigenvalue weighted by Crippen LogP contribution is 2.37. The van der Waals surface area contributed by atoms with Crippen LogP contribution in [0, 0.1) is 0 Å². The van der Waals surface area contributed by atoms with Crippen LogP contribution in [0.5, 0.6) is 5.75 Å². The topological polar surface area (TPSA) is 141 Å². The largest absolute Gasteiger partial charge is 0.490 e. The van der Waals surface area contributed by atoms with Crippen LogP contribution in [0.4, 0.5) is 18.9 Å². The Morgan fingerprint density at radius 1 is 1.06 bits per heavy atom. The van der Waals surface area contributed by atoms with Crippen molar-refractivity contribution in [1.82, 2.24) is 29.2 Å². The lowest BCUT2D eigenvalue weighted by Gasteiger charge is -2.37. The number of benzene rings is 2. The lowest BCUT2D eigenvalue weighted by molar-refractivity contribution is -0.138. The number of likely N-dealkylation sites (N-methyl/N-ethyl adjacent to an activating group) is 1. The van der Waals surface area contributed by atoms with Gasteiger partial charge in [0.2, 0.25) is 15.9 Å². The molecular formula is C37H46F3N7O6S. The van der Waals surface area contributed by atoms with E-state index in [-0.39, 0.29) is 42.7 Å². The Bertz CT molecular complexity index is 2010. The fraction of sp³-hybridized carbons (Fsp3) is 0.541. The maximum atomic E-state index is 14.3. The Kier molecular flexibility index (Phi) is 10.7. The molecule has 2 aromatic carbocycles. The molecule has 4 aliphatic rings. The van der Waals surface area contributed by atoms with Gasteiger partial charge in [0.1, 0.15) is 12.4 Å². The number of amides is 2. The standard InChI is InChI=1S/C37H46F3N7O6S/c1-43-16-17-53-33-19-25(6-8-32(33)43)36(50)41-20-26-18-24(5-7-30(26)37(38,39)40)35-29-23-45(54(2,51)52)15-11-31(29)47(42-35)22-28(48)21-44-13-9-27(10-14-44)46-12-3-4-34(46)49/h5-8,18-19,27-28,48H,3-4,9-17,20-23H2,1-2H3,(H,41,50). The van der Waals surface area contributed by atoms with Gasteiger partial charge in [-0.05, 0) is 55.2 Å². The third kappa shape index (κ3) is 8.09. The number of aromatic nitrogens is 2. The number of carbonyl (C=O) groups excluding carboxylic acids is 2. The van der Waals surface area contributed by atoms with Gasteiger partial charge in [-0.25, -0.2) is 8.42 Å². The number of nitrogens with zero attached hydrogens (tertiary/aromatic N) is 6. The van der Waals surface area contributed by atoms with Gasteiger partial charge in [-0.15, -0.1) is 0 Å². The van der Waals surface area contributed by atoms with Crippen LogP contribution in [-0.4, -0.2) is 121 Å². The molecule has 2 saturated heterocycles. The van der Waals surface area contributed by atoms with Crippen molar-refractivity contribution in [2.24, 2.45) is 0 Å². The number of aliphatic hydroxyl groups is 1. The van der Waals surface area contributed by atoms with Gasteiger partial charge in [0, 0.05) is 94.1 Å². The van der Waals surface area contributed by atoms with Crippen LogP contribution in [0.25, 0.3) is 11.3 Å². The van der Waals surface area contributed by atoms with E-state index < -0.39 is 40.3 Å². The van der Waals surface area contributed by atoms with Crippen molar-refractivity contribution in [3.63, 3.8) is 0 Å². The number of halogens is 3. The molecule has 0 aliphatic carbocycles. The maximum Gasteiger partial charge on any atom is 0.416 e. The first kappa shape index (κ1) is 38.1. The van der Waals surface area contributed by atoms with Crippen molar-refractivity contribution in [2.45, 2.75) is 70.1 Å². The Morgan fingerprint density at radius 2 is 1.83 bits per heavy atom. The number of likely N-dealkylation sites (tertiary alicyclic amines) is 2. The van der Waals surface area contributed by atoms with Gasteiger partial charge in [-0.3, -0.25) is 14.3 Å². The molecule has 1 atom stereocenters. The molecule has 292 valence electrons. The number of fused-ring (bicyclic) bond motifs is 2. The second-order valence-electron chi connectivity index (χ2n) is 14.7. The second-order valence-corrected chi connectivity index (χ2v) is 16.7. The number of ether oxygens (including phenoxy) is 1. The third-order valence-electron chi connectivity index (χ3n) is 11.0. The average molecular weight is 774 g/mol. The van der Waals surface area contributed by atoms with Crippen molar-refractivity contribution in [3.05, 3.63) is 64.3 Å². The van der Waals surface area contributed by atoms with Crippen molar-refractivity contribution < 1.29 is 41.0 Å². The predicted octanol–water partition coefficient (Wildman–Crippen LogP) is 3.09. The normalized spacial score (nSPS) is 19.4. The Balaban J connectivity index is 1.12. The van der Waals surface area contributed by atoms with Gasteiger partial charge in [-0.2, -0.15) is 22.6 Å². The van der Waals surface area contributed by atoms with Crippen LogP contribution in [0.2, 0.25) is 0 Å². The molecule has 1 aromatic heterocycles. The number of carbonyl (C=O) groups is 2. The van der Waals surface area contributed by atoms with Gasteiger partial charge in [0.25, 0.3) is 5.91 Å². The zero-order valence-corrected chi connectivity index (χ0v) is 31.3. The summed E-state index contributed by atoms with van der Waals surface area (Å²) in [6.07, 6.45) is -0.962. The minimum Gasteiger partial charge on any atom is -0.490 e. The monoisotopic (exact) mass is 773 g/mol. The van der Waals surface area contributed by atoms with E-state index in [1.807, 2.05) is 16.8 Å². The summed E-state index contributed by atoms with van der Waals surface area (Å²) >= 11 is 0. The number of rotatable bonds is 10. The van der Waals surface area contributed by atoms with E-state index in [9.17, 15) is 36.3 Å². The minimum absolute atomic E-state index is 0.0228. The molecule has 2 fully saturated rings. The Morgan fingerprint density at radius 3 is 2.54 bits per heavy atom. The molecule has 0 saturated carbocycles. The smallest absolute Gasteiger partial charge is 0.416 e. The lowest BCUT2D eigenvalue weighted by Crippen LogP contribution is -2.47. The van der Waals surface area contributed by atoms with Gasteiger partial charge in [-0.1, -0.05) is 6.07 Å². The van der Waals surface area contributed by atoms with Gasteiger partial charge in [0.15, 0.2) is 0 Å². The number of aliphatic hydroxyl groups excluding tert-OH is 1. The summed E-state index contributed by atoms with van der Waals surface area (Å²) in [5, 5.41) is 18.7. The molecule has 7 rings (SSSR count). The molecule has 0 bridgehead atoms. The van der Waals surface area contributed by atoms with Gasteiger partial charge in [0.05, 0.1) is 42.4 Å². The molecule has 2 N–H and O–H groups in total. The predicted molar refractivity (Wildman–Crippen MR) is 194 cm³/mol. The number of hydrogen-bond acceptors (Lipinski definition) is 9. The highest BCUT2D eigenvalue weighted by molar-refractivity contribution is 7.88. The maximum absolute atomic E-state index is 14.3. The molecule has 1 unspecified atom stereocenters. The number of nitrogens with one attached hydrogen (secondary N) is 1. The summed E-state index contributed by atoms with van der Waals surface area (Å²) in [6.45, 7) is 3.62. The van der Waals surface area contributed by atoms with Gasteiger partial charge < -0.3 is 29.9 Å². The summed E-state index contributed by atoms with van der Waals surface area (Å²) in [4.78, 5) is 31.5. The number of hydrogen-bond donors (Lipinski definition) is 2. The van der Waals surface area contributed by atoms with Crippen LogP contribution in [0.1, 0.15) is 58.4 Å². The number of anilines is 1. The van der Waals surface area contributed by atoms with E-state index in [0.29, 0.717) is 60.8 Å². The quantitative estimate of drug-likeness (QED) is 0.318. The summed E-state index contributed by atoms with van der Waals surface area (Å²) in [7, 11) is -1.69. The SMILES string of the molecule is CN1CCOc2cc(C(=O)NCc3cc(-c4nn(CC(O)CN5CCC(N6CCCC6=O)CC5)c5c4CN(S(C)(=O)=O)CC5)ccc3C(F)(F)F)ccc21. The van der Waals surface area contributed by atoms with Crippen LogP contribution in [0.15, 0.2) is 36.4 Å². The van der Waals surface area contributed by atoms with Crippen LogP contribution in [0.3, 0.4) is 0 Å². The molecule has 0 radical (unpaired) electrons. The summed E-state index contributed by atoms with van der Waals surface area (Å²) in [6, 6.07) is 8.73. The molecule has 54 heavy (non-hydrogen) atoms. The molecule has 0 spiro atoms. The summed E-state index contributed by atoms with van der Waals surface area (Å²) in [5.41, 5.74) is 1.88. The van der Waals surface area contributed by atoms with Crippen LogP contribution in [-0.2, 0) is 47.0 Å². The van der Waals surface area contributed by atoms with Gasteiger partial charge >= 0.3 is 6.18 Å². The fourth-order valence-electron chi connectivity index (χ4n) is 8.10. The van der Waals surface area contributed by atoms with E-state index in [1.165, 1.54) is 16.4 Å². The molecule has 17 heteroatoms. The molecule has 13 nitrogen and oxygen atoms in total. The molecule has 4 aliphatic heterocycles. The van der Waals surface area contributed by atoms with Crippen molar-refractivity contribution >= 4 is 27.5 Å². The van der Waals surface area contributed by atoms with Crippen LogP contribution >= 0.6 is 0 Å². The molecule has 3 aromatic rings. The highest BCUT2D eigenvalue weighted by Gasteiger charge is 2.36. The third-order valence-corrected chi connectivity index (χ3v) is 12.2. The second kappa shape index (κ2) is 15.2. The fourth-order valence-corrected chi connectivity index (χ4v) is 8.88. The number of β-amino-alcohol motifs (C(OH)–C–C–N with tert-alkyl or cyclic N) is 1. The highest BCUT2D eigenvalue weighted by atomic mass is 32.2. The van der Waals surface area contributed by atoms with Crippen molar-refractivity contribution in [1.29, 1.82) is 0 Å². The van der Waals surface area contributed by atoms with E-state index in [1.54, 1.807) is 22.9 Å². The average Bonchev–Trinajstić information content (AvgIpc) is 3.72. The van der Waals surface area contributed by atoms with E-state index >= 15 is 0 Å². The first-order valence-electron chi connectivity index (χ1n) is 18.4. The molecular weight excluding hydrogens is 728 g/mol. The number of sulfonamides is 1. The zero-order valence-electron chi connectivity index (χ0n) is 30.4. The van der Waals surface area contributed by atoms with Crippen molar-refractivity contribution in [3.8, 4) is 17.0 Å². The first-order chi connectivity index (χ1) is 25.7. The Labute approximate surface area is 312 Å². The zero-order chi connectivity index (χ0) is 38.4. The van der Waals surface area contributed by atoms with E-state index in [2.05, 4.69) is 10.2 Å². The first-order valence-corrected chi connectivity index (χ1v) is 20.2. The summed E-state index contributed by atoms with van der Waals surface area (Å²) in [5.74, 6) is 0.158. The van der Waals surface area contributed by atoms with Crippen LogP contribution < -0.4 is 15.0 Å². The Hall–Kier alpha value is -4.19. The number of piperidine rings is 1. The number of alkyl halides is 3. The lowest BCUT2D eigenvalue weighted by atomic mass is 9.97. The van der Waals surface area contributed by atoms with Crippen molar-refractivity contribution in [2.75, 3.05) is 64.1 Å². The molecule has 2 amide bonds. The molecule has 5 heterocycles. The minimum atomic E-state index is -4.71.